The van der Waals surface area contributed by atoms with Crippen LogP contribution >= 0.6 is 0 Å². The fourth-order valence-electron chi connectivity index (χ4n) is 2.92. The van der Waals surface area contributed by atoms with Gasteiger partial charge in [0.1, 0.15) is 0 Å². The number of primary sulfonamides is 1. The maximum atomic E-state index is 13.3. The molecule has 0 aromatic heterocycles. The number of benzene rings is 1. The van der Waals surface area contributed by atoms with Crippen molar-refractivity contribution in [1.29, 1.82) is 0 Å². The molecule has 1 saturated heterocycles. The number of halogens is 3. The van der Waals surface area contributed by atoms with E-state index in [1.165, 1.54) is 0 Å². The highest BCUT2D eigenvalue weighted by Crippen LogP contribution is 2.37. The summed E-state index contributed by atoms with van der Waals surface area (Å²) >= 11 is 0. The molecule has 1 aromatic carbocycles. The number of nitrogens with two attached hydrogens (primary N) is 1. The van der Waals surface area contributed by atoms with Gasteiger partial charge in [-0.15, -0.1) is 0 Å². The van der Waals surface area contributed by atoms with Crippen molar-refractivity contribution in [3.63, 3.8) is 0 Å². The Morgan fingerprint density at radius 3 is 2.38 bits per heavy atom. The van der Waals surface area contributed by atoms with E-state index in [4.69, 9.17) is 5.14 Å². The first kappa shape index (κ1) is 20.9. The molecule has 0 spiro atoms. The zero-order chi connectivity index (χ0) is 19.5. The lowest BCUT2D eigenvalue weighted by atomic mass is 10.0. The van der Waals surface area contributed by atoms with Crippen molar-refractivity contribution in [3.8, 4) is 0 Å². The second kappa shape index (κ2) is 8.12. The molecule has 6 nitrogen and oxygen atoms in total. The Morgan fingerprint density at radius 1 is 1.27 bits per heavy atom. The topological polar surface area (TPSA) is 78.7 Å². The van der Waals surface area contributed by atoms with E-state index >= 15 is 0 Å². The standard InChI is InChI=1S/C16H25F3N4O2S/c1-22(2)9-10-23-7-5-12(6-8-23)21-15-4-3-13(26(20,24)25)11-14(15)16(17,18)19/h3-4,11-12,21H,5-10H2,1-2H3,(H2,20,24,25). The van der Waals surface area contributed by atoms with E-state index in [0.29, 0.717) is 6.07 Å². The maximum absolute atomic E-state index is 13.3. The zero-order valence-electron chi connectivity index (χ0n) is 14.9. The SMILES string of the molecule is CN(C)CCN1CCC(Nc2ccc(S(N)(=O)=O)cc2C(F)(F)F)CC1. The molecule has 0 unspecified atom stereocenters. The largest absolute Gasteiger partial charge is 0.418 e. The number of alkyl halides is 3. The van der Waals surface area contributed by atoms with Crippen molar-refractivity contribution in [2.24, 2.45) is 5.14 Å². The Kier molecular flexibility index (Phi) is 6.54. The second-order valence-corrected chi connectivity index (χ2v) is 8.38. The van der Waals surface area contributed by atoms with Crippen LogP contribution in [-0.4, -0.2) is 64.5 Å². The maximum Gasteiger partial charge on any atom is 0.418 e. The van der Waals surface area contributed by atoms with E-state index in [1.54, 1.807) is 0 Å². The van der Waals surface area contributed by atoms with Gasteiger partial charge in [0.2, 0.25) is 10.0 Å². The molecule has 0 amide bonds. The predicted octanol–water partition coefficient (Wildman–Crippen LogP) is 1.79. The minimum Gasteiger partial charge on any atom is -0.382 e. The van der Waals surface area contributed by atoms with Gasteiger partial charge in [0.15, 0.2) is 0 Å². The summed E-state index contributed by atoms with van der Waals surface area (Å²) in [6.45, 7) is 3.48. The molecule has 1 heterocycles. The van der Waals surface area contributed by atoms with Crippen LogP contribution in [0.25, 0.3) is 0 Å². The van der Waals surface area contributed by atoms with E-state index in [-0.39, 0.29) is 11.7 Å². The summed E-state index contributed by atoms with van der Waals surface area (Å²) in [6.07, 6.45) is -3.22. The van der Waals surface area contributed by atoms with E-state index in [2.05, 4.69) is 15.1 Å². The minimum atomic E-state index is -4.67. The average molecular weight is 394 g/mol. The van der Waals surface area contributed by atoms with Gasteiger partial charge in [0.25, 0.3) is 0 Å². The highest BCUT2D eigenvalue weighted by Gasteiger charge is 2.35. The third-order valence-electron chi connectivity index (χ3n) is 4.44. The molecular weight excluding hydrogens is 369 g/mol. The molecular formula is C16H25F3N4O2S. The minimum absolute atomic E-state index is 0.0907. The molecule has 0 bridgehead atoms. The number of hydrogen-bond donors (Lipinski definition) is 2. The number of likely N-dealkylation sites (tertiary alicyclic amines) is 1. The summed E-state index contributed by atoms with van der Waals surface area (Å²) < 4.78 is 62.6. The molecule has 0 aliphatic carbocycles. The van der Waals surface area contributed by atoms with Gasteiger partial charge >= 0.3 is 6.18 Å². The molecule has 26 heavy (non-hydrogen) atoms. The predicted molar refractivity (Wildman–Crippen MR) is 94.5 cm³/mol. The summed E-state index contributed by atoms with van der Waals surface area (Å²) in [4.78, 5) is 3.83. The number of nitrogens with one attached hydrogen (secondary N) is 1. The van der Waals surface area contributed by atoms with E-state index in [1.807, 2.05) is 14.1 Å². The number of anilines is 1. The number of sulfonamides is 1. The summed E-state index contributed by atoms with van der Waals surface area (Å²) in [5, 5.41) is 7.87. The number of piperidine rings is 1. The first-order valence-electron chi connectivity index (χ1n) is 8.34. The highest BCUT2D eigenvalue weighted by molar-refractivity contribution is 7.89. The Labute approximate surface area is 152 Å². The lowest BCUT2D eigenvalue weighted by molar-refractivity contribution is -0.137. The average Bonchev–Trinajstić information content (AvgIpc) is 2.52. The van der Waals surface area contributed by atoms with Crippen LogP contribution in [0.4, 0.5) is 18.9 Å². The lowest BCUT2D eigenvalue weighted by Gasteiger charge is -2.34. The van der Waals surface area contributed by atoms with Gasteiger partial charge < -0.3 is 15.1 Å². The van der Waals surface area contributed by atoms with Crippen molar-refractivity contribution in [1.82, 2.24) is 9.80 Å². The van der Waals surface area contributed by atoms with Gasteiger partial charge in [0.05, 0.1) is 10.5 Å². The van der Waals surface area contributed by atoms with Crippen molar-refractivity contribution in [3.05, 3.63) is 23.8 Å². The van der Waals surface area contributed by atoms with Crippen molar-refractivity contribution >= 4 is 15.7 Å². The van der Waals surface area contributed by atoms with Crippen LogP contribution in [0.1, 0.15) is 18.4 Å². The molecule has 3 N–H and O–H groups in total. The van der Waals surface area contributed by atoms with Crippen molar-refractivity contribution in [2.75, 3.05) is 45.6 Å². The zero-order valence-corrected chi connectivity index (χ0v) is 15.7. The summed E-state index contributed by atoms with van der Waals surface area (Å²) in [7, 11) is -0.198. The van der Waals surface area contributed by atoms with Gasteiger partial charge in [0, 0.05) is 37.9 Å². The number of likely N-dealkylation sites (N-methyl/N-ethyl adjacent to an activating group) is 1. The molecule has 10 heteroatoms. The van der Waals surface area contributed by atoms with Crippen LogP contribution in [0, 0.1) is 0 Å². The van der Waals surface area contributed by atoms with Crippen LogP contribution in [0.2, 0.25) is 0 Å². The number of rotatable bonds is 6. The van der Waals surface area contributed by atoms with E-state index in [9.17, 15) is 21.6 Å². The van der Waals surface area contributed by atoms with Crippen LogP contribution < -0.4 is 10.5 Å². The van der Waals surface area contributed by atoms with E-state index < -0.39 is 26.7 Å². The second-order valence-electron chi connectivity index (χ2n) is 6.81. The van der Waals surface area contributed by atoms with Crippen LogP contribution in [0.15, 0.2) is 23.1 Å². The molecule has 2 rings (SSSR count). The molecule has 0 atom stereocenters. The number of hydrogen-bond acceptors (Lipinski definition) is 5. The van der Waals surface area contributed by atoms with E-state index in [0.717, 1.165) is 51.2 Å². The monoisotopic (exact) mass is 394 g/mol. The van der Waals surface area contributed by atoms with Crippen molar-refractivity contribution < 1.29 is 21.6 Å². The van der Waals surface area contributed by atoms with Gasteiger partial charge in [-0.3, -0.25) is 0 Å². The Morgan fingerprint density at radius 2 is 1.88 bits per heavy atom. The fraction of sp³-hybridized carbons (Fsp3) is 0.625. The molecule has 1 aliphatic heterocycles. The molecule has 1 aromatic rings. The summed E-state index contributed by atoms with van der Waals surface area (Å²) in [5.74, 6) is 0. The molecule has 0 radical (unpaired) electrons. The summed E-state index contributed by atoms with van der Waals surface area (Å²) in [6, 6.07) is 2.73. The third-order valence-corrected chi connectivity index (χ3v) is 5.35. The first-order chi connectivity index (χ1) is 12.0. The Hall–Kier alpha value is -1.36. The highest BCUT2D eigenvalue weighted by atomic mass is 32.2. The van der Waals surface area contributed by atoms with Crippen LogP contribution in [0.3, 0.4) is 0 Å². The first-order valence-corrected chi connectivity index (χ1v) is 9.89. The lowest BCUT2D eigenvalue weighted by Crippen LogP contribution is -2.42. The molecule has 148 valence electrons. The van der Waals surface area contributed by atoms with Gasteiger partial charge in [-0.1, -0.05) is 0 Å². The van der Waals surface area contributed by atoms with Gasteiger partial charge in [-0.2, -0.15) is 13.2 Å². The Bertz CT molecular complexity index is 715. The fourth-order valence-corrected chi connectivity index (χ4v) is 3.46. The molecule has 1 aliphatic rings. The van der Waals surface area contributed by atoms with Crippen molar-refractivity contribution in [2.45, 2.75) is 30.0 Å². The normalized spacial score (nSPS) is 17.7. The van der Waals surface area contributed by atoms with Crippen LogP contribution in [0.5, 0.6) is 0 Å². The third kappa shape index (κ3) is 5.83. The Balaban J connectivity index is 2.08. The molecule has 1 fully saturated rings. The molecule has 0 saturated carbocycles. The number of nitrogens with zero attached hydrogens (tertiary/aromatic N) is 2. The smallest absolute Gasteiger partial charge is 0.382 e. The van der Waals surface area contributed by atoms with Gasteiger partial charge in [-0.25, -0.2) is 13.6 Å². The van der Waals surface area contributed by atoms with Gasteiger partial charge in [-0.05, 0) is 45.1 Å². The summed E-state index contributed by atoms with van der Waals surface area (Å²) in [5.41, 5.74) is -1.13. The van der Waals surface area contributed by atoms with Crippen LogP contribution in [-0.2, 0) is 16.2 Å². The quantitative estimate of drug-likeness (QED) is 0.769.